The Balaban J connectivity index is 1.24. The maximum Gasteiger partial charge on any atom is 0.251 e. The molecule has 1 fully saturated rings. The van der Waals surface area contributed by atoms with Gasteiger partial charge >= 0.3 is 0 Å². The summed E-state index contributed by atoms with van der Waals surface area (Å²) in [5.74, 6) is 2.09. The zero-order chi connectivity index (χ0) is 20.9. The lowest BCUT2D eigenvalue weighted by atomic mass is 9.90. The Labute approximate surface area is 177 Å². The average Bonchev–Trinajstić information content (AvgIpc) is 2.78. The van der Waals surface area contributed by atoms with E-state index >= 15 is 0 Å². The first-order valence-electron chi connectivity index (χ1n) is 10.6. The monoisotopic (exact) mass is 408 g/mol. The van der Waals surface area contributed by atoms with E-state index in [2.05, 4.69) is 5.32 Å². The Hall–Kier alpha value is -3.02. The SMILES string of the molecule is CC(=O)N1CCC(Cc2ccc(C(=O)NCC3COc4ccccc4O3)cc2)CC1. The molecule has 4 rings (SSSR count). The van der Waals surface area contributed by atoms with Crippen molar-refractivity contribution in [3.8, 4) is 11.5 Å². The second-order valence-corrected chi connectivity index (χ2v) is 8.06. The van der Waals surface area contributed by atoms with Crippen LogP contribution in [0.1, 0.15) is 35.7 Å². The van der Waals surface area contributed by atoms with Gasteiger partial charge in [0.2, 0.25) is 5.91 Å². The number of ether oxygens (including phenoxy) is 2. The summed E-state index contributed by atoms with van der Waals surface area (Å²) >= 11 is 0. The van der Waals surface area contributed by atoms with Gasteiger partial charge < -0.3 is 19.7 Å². The predicted molar refractivity (Wildman–Crippen MR) is 114 cm³/mol. The highest BCUT2D eigenvalue weighted by molar-refractivity contribution is 5.94. The van der Waals surface area contributed by atoms with Crippen LogP contribution in [0.15, 0.2) is 48.5 Å². The van der Waals surface area contributed by atoms with Crippen LogP contribution in [0.5, 0.6) is 11.5 Å². The first-order chi connectivity index (χ1) is 14.6. The number of para-hydroxylation sites is 2. The summed E-state index contributed by atoms with van der Waals surface area (Å²) < 4.78 is 11.6. The maximum atomic E-state index is 12.5. The summed E-state index contributed by atoms with van der Waals surface area (Å²) in [5, 5.41) is 2.93. The number of nitrogens with one attached hydrogen (secondary N) is 1. The summed E-state index contributed by atoms with van der Waals surface area (Å²) in [6.07, 6.45) is 2.85. The first-order valence-corrected chi connectivity index (χ1v) is 10.6. The molecule has 0 saturated carbocycles. The summed E-state index contributed by atoms with van der Waals surface area (Å²) in [6, 6.07) is 15.4. The van der Waals surface area contributed by atoms with Crippen molar-refractivity contribution in [2.75, 3.05) is 26.2 Å². The predicted octanol–water partition coefficient (Wildman–Crippen LogP) is 3.06. The van der Waals surface area contributed by atoms with Crippen molar-refractivity contribution >= 4 is 11.8 Å². The number of hydrogen-bond donors (Lipinski definition) is 1. The fourth-order valence-corrected chi connectivity index (χ4v) is 4.05. The van der Waals surface area contributed by atoms with Gasteiger partial charge in [-0.2, -0.15) is 0 Å². The molecule has 0 bridgehead atoms. The van der Waals surface area contributed by atoms with E-state index in [0.717, 1.165) is 38.1 Å². The molecule has 6 nitrogen and oxygen atoms in total. The zero-order valence-corrected chi connectivity index (χ0v) is 17.3. The van der Waals surface area contributed by atoms with Crippen LogP contribution in [-0.4, -0.2) is 49.1 Å². The van der Waals surface area contributed by atoms with Gasteiger partial charge in [0.15, 0.2) is 11.5 Å². The molecule has 2 amide bonds. The summed E-state index contributed by atoms with van der Waals surface area (Å²) in [5.41, 5.74) is 1.87. The zero-order valence-electron chi connectivity index (χ0n) is 17.3. The second-order valence-electron chi connectivity index (χ2n) is 8.06. The fraction of sp³-hybridized carbons (Fsp3) is 0.417. The number of amides is 2. The van der Waals surface area contributed by atoms with Gasteiger partial charge in [-0.3, -0.25) is 9.59 Å². The molecule has 2 heterocycles. The van der Waals surface area contributed by atoms with Gasteiger partial charge in [0.05, 0.1) is 6.54 Å². The molecule has 1 unspecified atom stereocenters. The van der Waals surface area contributed by atoms with Crippen molar-refractivity contribution < 1.29 is 19.1 Å². The number of rotatable bonds is 5. The minimum atomic E-state index is -0.205. The topological polar surface area (TPSA) is 67.9 Å². The molecule has 2 aliphatic rings. The number of hydrogen-bond acceptors (Lipinski definition) is 4. The van der Waals surface area contributed by atoms with Crippen LogP contribution in [0.4, 0.5) is 0 Å². The number of carbonyl (C=O) groups excluding carboxylic acids is 2. The normalized spacial score (nSPS) is 18.7. The number of fused-ring (bicyclic) bond motifs is 1. The Kier molecular flexibility index (Phi) is 6.21. The molecule has 1 saturated heterocycles. The lowest BCUT2D eigenvalue weighted by Gasteiger charge is -2.31. The van der Waals surface area contributed by atoms with Crippen molar-refractivity contribution in [3.63, 3.8) is 0 Å². The van der Waals surface area contributed by atoms with E-state index in [1.54, 1.807) is 6.92 Å². The molecule has 158 valence electrons. The average molecular weight is 408 g/mol. The van der Waals surface area contributed by atoms with Crippen LogP contribution in [0.3, 0.4) is 0 Å². The molecular formula is C24H28N2O4. The van der Waals surface area contributed by atoms with E-state index in [0.29, 0.717) is 30.4 Å². The molecule has 0 spiro atoms. The third-order valence-electron chi connectivity index (χ3n) is 5.86. The third-order valence-corrected chi connectivity index (χ3v) is 5.86. The van der Waals surface area contributed by atoms with Gasteiger partial charge in [0.1, 0.15) is 12.7 Å². The van der Waals surface area contributed by atoms with Gasteiger partial charge in [-0.15, -0.1) is 0 Å². The fourth-order valence-electron chi connectivity index (χ4n) is 4.05. The Morgan fingerprint density at radius 2 is 1.73 bits per heavy atom. The number of nitrogens with zero attached hydrogens (tertiary/aromatic N) is 1. The van der Waals surface area contributed by atoms with Crippen molar-refractivity contribution in [1.29, 1.82) is 0 Å². The van der Waals surface area contributed by atoms with Gasteiger partial charge in [-0.1, -0.05) is 24.3 Å². The van der Waals surface area contributed by atoms with Crippen molar-refractivity contribution in [2.45, 2.75) is 32.3 Å². The number of benzene rings is 2. The summed E-state index contributed by atoms with van der Waals surface area (Å²) in [6.45, 7) is 4.13. The molecule has 1 N–H and O–H groups in total. The molecule has 0 aliphatic carbocycles. The van der Waals surface area contributed by atoms with Gasteiger partial charge in [0.25, 0.3) is 5.91 Å². The Morgan fingerprint density at radius 3 is 2.43 bits per heavy atom. The van der Waals surface area contributed by atoms with Crippen molar-refractivity contribution in [3.05, 3.63) is 59.7 Å². The molecule has 0 radical (unpaired) electrons. The largest absolute Gasteiger partial charge is 0.486 e. The summed E-state index contributed by atoms with van der Waals surface area (Å²) in [4.78, 5) is 25.9. The molecule has 0 aromatic heterocycles. The van der Waals surface area contributed by atoms with Crippen LogP contribution < -0.4 is 14.8 Å². The Morgan fingerprint density at radius 1 is 1.03 bits per heavy atom. The van der Waals surface area contributed by atoms with Crippen LogP contribution in [0.25, 0.3) is 0 Å². The number of likely N-dealkylation sites (tertiary alicyclic amines) is 1. The van der Waals surface area contributed by atoms with E-state index in [-0.39, 0.29) is 17.9 Å². The van der Waals surface area contributed by atoms with Gasteiger partial charge in [0, 0.05) is 25.6 Å². The quantitative estimate of drug-likeness (QED) is 0.826. The molecule has 2 aliphatic heterocycles. The van der Waals surface area contributed by atoms with Crippen LogP contribution in [-0.2, 0) is 11.2 Å². The Bertz CT molecular complexity index is 888. The molecule has 2 aromatic carbocycles. The highest BCUT2D eigenvalue weighted by atomic mass is 16.6. The second kappa shape index (κ2) is 9.20. The van der Waals surface area contributed by atoms with E-state index in [9.17, 15) is 9.59 Å². The number of piperidine rings is 1. The van der Waals surface area contributed by atoms with Gasteiger partial charge in [-0.05, 0) is 55.0 Å². The smallest absolute Gasteiger partial charge is 0.251 e. The van der Waals surface area contributed by atoms with Crippen LogP contribution in [0.2, 0.25) is 0 Å². The van der Waals surface area contributed by atoms with Crippen LogP contribution in [0, 0.1) is 5.92 Å². The maximum absolute atomic E-state index is 12.5. The minimum Gasteiger partial charge on any atom is -0.486 e. The van der Waals surface area contributed by atoms with Crippen molar-refractivity contribution in [1.82, 2.24) is 10.2 Å². The standard InChI is InChI=1S/C24H28N2O4/c1-17(27)26-12-10-19(11-13-26)14-18-6-8-20(9-7-18)24(28)25-15-21-16-29-22-4-2-3-5-23(22)30-21/h2-9,19,21H,10-16H2,1H3,(H,25,28). The summed E-state index contributed by atoms with van der Waals surface area (Å²) in [7, 11) is 0. The van der Waals surface area contributed by atoms with Crippen LogP contribution >= 0.6 is 0 Å². The molecule has 2 aromatic rings. The highest BCUT2D eigenvalue weighted by Gasteiger charge is 2.22. The lowest BCUT2D eigenvalue weighted by molar-refractivity contribution is -0.130. The van der Waals surface area contributed by atoms with E-state index in [4.69, 9.17) is 9.47 Å². The van der Waals surface area contributed by atoms with E-state index in [1.165, 1.54) is 5.56 Å². The highest BCUT2D eigenvalue weighted by Crippen LogP contribution is 2.30. The van der Waals surface area contributed by atoms with Crippen molar-refractivity contribution in [2.24, 2.45) is 5.92 Å². The lowest BCUT2D eigenvalue weighted by Crippen LogP contribution is -2.40. The van der Waals surface area contributed by atoms with Gasteiger partial charge in [-0.25, -0.2) is 0 Å². The van der Waals surface area contributed by atoms with E-state index in [1.807, 2.05) is 53.4 Å². The molecule has 1 atom stereocenters. The minimum absolute atomic E-state index is 0.112. The van der Waals surface area contributed by atoms with E-state index < -0.39 is 0 Å². The molecule has 6 heteroatoms. The number of carbonyl (C=O) groups is 2. The first kappa shape index (κ1) is 20.3. The molecule has 30 heavy (non-hydrogen) atoms. The molecular weight excluding hydrogens is 380 g/mol. The third kappa shape index (κ3) is 4.93.